The van der Waals surface area contributed by atoms with Crippen molar-refractivity contribution < 1.29 is 4.79 Å². The van der Waals surface area contributed by atoms with Gasteiger partial charge in [0.1, 0.15) is 0 Å². The highest BCUT2D eigenvalue weighted by molar-refractivity contribution is 8.15. The molecule has 0 aromatic rings. The number of rotatable bonds is 0. The fraction of sp³-hybridized carbons (Fsp3) is 0.917. The molecule has 0 amide bonds. The average Bonchev–Trinajstić information content (AvgIpc) is 2.41. The third-order valence-corrected chi connectivity index (χ3v) is 4.81. The van der Waals surface area contributed by atoms with Crippen LogP contribution in [0.1, 0.15) is 33.6 Å². The molecule has 2 saturated heterocycles. The van der Waals surface area contributed by atoms with Crippen LogP contribution in [-0.2, 0) is 4.79 Å². The highest BCUT2D eigenvalue weighted by Gasteiger charge is 2.51. The number of likely N-dealkylation sites (tertiary alicyclic amines) is 1. The molecular weight excluding hydrogens is 220 g/mol. The second-order valence-electron chi connectivity index (χ2n) is 6.02. The smallest absolute Gasteiger partial charge is 0.204 e. The minimum atomic E-state index is 0.0440. The number of likely N-dealkylation sites (N-methyl/N-ethyl adjacent to an activating group) is 1. The first-order chi connectivity index (χ1) is 7.33. The molecule has 0 aromatic carbocycles. The number of carbonyl (C=O) groups is 1. The van der Waals surface area contributed by atoms with Gasteiger partial charge in [0, 0.05) is 12.1 Å². The summed E-state index contributed by atoms with van der Waals surface area (Å²) in [5, 5.41) is 0.338. The van der Waals surface area contributed by atoms with Crippen LogP contribution in [0.25, 0.3) is 0 Å². The second kappa shape index (κ2) is 4.00. The van der Waals surface area contributed by atoms with E-state index in [0.29, 0.717) is 11.7 Å². The van der Waals surface area contributed by atoms with Crippen molar-refractivity contribution in [3.8, 4) is 0 Å². The summed E-state index contributed by atoms with van der Waals surface area (Å²) in [5.41, 5.74) is 0.0807. The van der Waals surface area contributed by atoms with Gasteiger partial charge in [-0.2, -0.15) is 0 Å². The Bertz CT molecular complexity index is 300. The number of carbonyl (C=O) groups excluding carboxylic acids is 1. The van der Waals surface area contributed by atoms with Gasteiger partial charge in [-0.1, -0.05) is 11.8 Å². The van der Waals surface area contributed by atoms with Crippen LogP contribution in [0.5, 0.6) is 0 Å². The summed E-state index contributed by atoms with van der Waals surface area (Å²) in [5.74, 6) is 0. The Morgan fingerprint density at radius 2 is 2.06 bits per heavy atom. The molecule has 1 unspecified atom stereocenters. The number of hydrogen-bond donors (Lipinski definition) is 0. The van der Waals surface area contributed by atoms with Crippen molar-refractivity contribution in [3.05, 3.63) is 0 Å². The van der Waals surface area contributed by atoms with Crippen LogP contribution in [0, 0.1) is 0 Å². The lowest BCUT2D eigenvalue weighted by Crippen LogP contribution is -2.58. The van der Waals surface area contributed by atoms with E-state index in [1.165, 1.54) is 6.42 Å². The van der Waals surface area contributed by atoms with Gasteiger partial charge in [-0.25, -0.2) is 0 Å². The molecule has 16 heavy (non-hydrogen) atoms. The van der Waals surface area contributed by atoms with Crippen LogP contribution >= 0.6 is 11.8 Å². The zero-order valence-electron chi connectivity index (χ0n) is 10.7. The number of piperidine rings is 1. The molecule has 0 N–H and O–H groups in total. The normalized spacial score (nSPS) is 33.9. The molecule has 2 heterocycles. The van der Waals surface area contributed by atoms with Gasteiger partial charge in [0.05, 0.1) is 11.4 Å². The number of hydrogen-bond acceptors (Lipinski definition) is 4. The molecule has 0 radical (unpaired) electrons. The van der Waals surface area contributed by atoms with Crippen LogP contribution in [-0.4, -0.2) is 52.0 Å². The van der Waals surface area contributed by atoms with Crippen LogP contribution < -0.4 is 0 Å². The van der Waals surface area contributed by atoms with Gasteiger partial charge in [-0.05, 0) is 47.2 Å². The van der Waals surface area contributed by atoms with Gasteiger partial charge < -0.3 is 4.90 Å². The second-order valence-corrected chi connectivity index (χ2v) is 7.44. The Morgan fingerprint density at radius 3 is 2.62 bits per heavy atom. The van der Waals surface area contributed by atoms with Crippen molar-refractivity contribution in [3.63, 3.8) is 0 Å². The van der Waals surface area contributed by atoms with Crippen molar-refractivity contribution in [2.75, 3.05) is 26.7 Å². The first-order valence-corrected chi connectivity index (χ1v) is 6.83. The highest BCUT2D eigenvalue weighted by Crippen LogP contribution is 2.46. The minimum absolute atomic E-state index is 0.0440. The molecule has 2 aliphatic heterocycles. The Morgan fingerprint density at radius 1 is 1.38 bits per heavy atom. The molecule has 2 fully saturated rings. The lowest BCUT2D eigenvalue weighted by atomic mass is 9.97. The quantitative estimate of drug-likeness (QED) is 0.646. The van der Waals surface area contributed by atoms with E-state index in [1.807, 2.05) is 0 Å². The van der Waals surface area contributed by atoms with Crippen molar-refractivity contribution in [1.29, 1.82) is 0 Å². The average molecular weight is 242 g/mol. The predicted octanol–water partition coefficient (Wildman–Crippen LogP) is 1.78. The van der Waals surface area contributed by atoms with Crippen LogP contribution in [0.3, 0.4) is 0 Å². The van der Waals surface area contributed by atoms with Gasteiger partial charge in [0.25, 0.3) is 0 Å². The van der Waals surface area contributed by atoms with Crippen molar-refractivity contribution in [2.24, 2.45) is 0 Å². The lowest BCUT2D eigenvalue weighted by Gasteiger charge is -2.48. The maximum atomic E-state index is 11.8. The molecule has 2 rings (SSSR count). The van der Waals surface area contributed by atoms with E-state index in [9.17, 15) is 4.79 Å². The summed E-state index contributed by atoms with van der Waals surface area (Å²) in [6, 6.07) is 0. The van der Waals surface area contributed by atoms with Gasteiger partial charge in [-0.3, -0.25) is 9.69 Å². The SMILES string of the molecule is CN1CCCC2(C1)SC(=O)CN2C(C)(C)C. The molecule has 2 aliphatic rings. The molecule has 0 aliphatic carbocycles. The fourth-order valence-electron chi connectivity index (χ4n) is 2.93. The van der Waals surface area contributed by atoms with Crippen LogP contribution in [0.4, 0.5) is 0 Å². The Hall–Kier alpha value is -0.0600. The summed E-state index contributed by atoms with van der Waals surface area (Å²) in [4.78, 5) is 16.6. The molecule has 0 aromatic heterocycles. The van der Waals surface area contributed by atoms with Crippen molar-refractivity contribution in [2.45, 2.75) is 44.0 Å². The van der Waals surface area contributed by atoms with E-state index in [1.54, 1.807) is 11.8 Å². The van der Waals surface area contributed by atoms with E-state index in [0.717, 1.165) is 19.5 Å². The van der Waals surface area contributed by atoms with Gasteiger partial charge in [-0.15, -0.1) is 0 Å². The predicted molar refractivity (Wildman–Crippen MR) is 68.5 cm³/mol. The van der Waals surface area contributed by atoms with E-state index in [2.05, 4.69) is 37.6 Å². The van der Waals surface area contributed by atoms with E-state index in [-0.39, 0.29) is 10.4 Å². The number of nitrogens with zero attached hydrogens (tertiary/aromatic N) is 2. The molecule has 0 saturated carbocycles. The summed E-state index contributed by atoms with van der Waals surface area (Å²) in [7, 11) is 2.16. The molecule has 3 nitrogen and oxygen atoms in total. The number of thioether (sulfide) groups is 1. The van der Waals surface area contributed by atoms with Gasteiger partial charge in [0.2, 0.25) is 5.12 Å². The molecule has 92 valence electrons. The van der Waals surface area contributed by atoms with Crippen LogP contribution in [0.2, 0.25) is 0 Å². The summed E-state index contributed by atoms with van der Waals surface area (Å²) in [6.45, 7) is 9.42. The topological polar surface area (TPSA) is 23.6 Å². The largest absolute Gasteiger partial charge is 0.304 e. The summed E-state index contributed by atoms with van der Waals surface area (Å²) >= 11 is 1.57. The highest BCUT2D eigenvalue weighted by atomic mass is 32.2. The Labute approximate surface area is 103 Å². The van der Waals surface area contributed by atoms with E-state index >= 15 is 0 Å². The monoisotopic (exact) mass is 242 g/mol. The third kappa shape index (κ3) is 2.15. The molecule has 1 atom stereocenters. The summed E-state index contributed by atoms with van der Waals surface area (Å²) in [6.07, 6.45) is 2.34. The third-order valence-electron chi connectivity index (χ3n) is 3.52. The molecule has 0 bridgehead atoms. The zero-order chi connectivity index (χ0) is 12.0. The summed E-state index contributed by atoms with van der Waals surface area (Å²) < 4.78 is 0. The first kappa shape index (κ1) is 12.4. The molecular formula is C12H22N2OS. The lowest BCUT2D eigenvalue weighted by molar-refractivity contribution is -0.112. The van der Waals surface area contributed by atoms with Gasteiger partial charge >= 0.3 is 0 Å². The minimum Gasteiger partial charge on any atom is -0.304 e. The first-order valence-electron chi connectivity index (χ1n) is 6.02. The fourth-order valence-corrected chi connectivity index (χ4v) is 4.53. The molecule has 4 heteroatoms. The van der Waals surface area contributed by atoms with E-state index in [4.69, 9.17) is 0 Å². The van der Waals surface area contributed by atoms with Gasteiger partial charge in [0.15, 0.2) is 0 Å². The zero-order valence-corrected chi connectivity index (χ0v) is 11.6. The van der Waals surface area contributed by atoms with Crippen molar-refractivity contribution >= 4 is 16.9 Å². The Kier molecular flexibility index (Phi) is 3.10. The van der Waals surface area contributed by atoms with Crippen LogP contribution in [0.15, 0.2) is 0 Å². The van der Waals surface area contributed by atoms with E-state index < -0.39 is 0 Å². The maximum absolute atomic E-state index is 11.8. The standard InChI is InChI=1S/C12H22N2OS/c1-11(2,3)14-8-10(15)16-12(14)6-5-7-13(4)9-12/h5-9H2,1-4H3. The van der Waals surface area contributed by atoms with Crippen molar-refractivity contribution in [1.82, 2.24) is 9.80 Å². The Balaban J connectivity index is 2.26. The maximum Gasteiger partial charge on any atom is 0.204 e. The molecule has 1 spiro atoms.